The van der Waals surface area contributed by atoms with E-state index in [1.54, 1.807) is 13.0 Å². The summed E-state index contributed by atoms with van der Waals surface area (Å²) < 4.78 is 14.1. The van der Waals surface area contributed by atoms with Gasteiger partial charge in [-0.05, 0) is 38.0 Å². The third-order valence-electron chi connectivity index (χ3n) is 3.48. The first-order valence-electron chi connectivity index (χ1n) is 6.08. The third-order valence-corrected chi connectivity index (χ3v) is 3.73. The van der Waals surface area contributed by atoms with Crippen LogP contribution in [0.2, 0.25) is 0 Å². The number of fused-ring (bicyclic) bond motifs is 3. The second-order valence-electron chi connectivity index (χ2n) is 4.84. The van der Waals surface area contributed by atoms with Crippen LogP contribution in [0.25, 0.3) is 0 Å². The zero-order chi connectivity index (χ0) is 13.7. The van der Waals surface area contributed by atoms with Gasteiger partial charge in [0.25, 0.3) is 0 Å². The lowest BCUT2D eigenvalue weighted by Gasteiger charge is -2.32. The highest BCUT2D eigenvalue weighted by atomic mass is 35.5. The molecule has 0 fully saturated rings. The number of hydrogen-bond acceptors (Lipinski definition) is 3. The molecule has 1 atom stereocenters. The van der Waals surface area contributed by atoms with Gasteiger partial charge in [-0.25, -0.2) is 9.38 Å². The smallest absolute Gasteiger partial charge is 0.172 e. The van der Waals surface area contributed by atoms with Gasteiger partial charge in [-0.3, -0.25) is 9.89 Å². The van der Waals surface area contributed by atoms with Gasteiger partial charge in [0.2, 0.25) is 0 Å². The Hall–Kier alpha value is -1.68. The summed E-state index contributed by atoms with van der Waals surface area (Å²) in [7, 11) is 0. The Bertz CT molecular complexity index is 661. The minimum Gasteiger partial charge on any atom is -0.297 e. The van der Waals surface area contributed by atoms with Gasteiger partial charge in [0.05, 0.1) is 11.7 Å². The second kappa shape index (κ2) is 4.17. The highest BCUT2D eigenvalue weighted by Crippen LogP contribution is 2.39. The van der Waals surface area contributed by atoms with Crippen LogP contribution in [0.15, 0.2) is 33.9 Å². The average Bonchev–Trinajstić information content (AvgIpc) is 2.37. The number of halogens is 2. The molecule has 3 rings (SSSR count). The molecule has 0 amide bonds. The fraction of sp³-hybridized carbons (Fsp3) is 0.286. The zero-order valence-corrected chi connectivity index (χ0v) is 11.7. The molecule has 0 saturated heterocycles. The average molecular weight is 278 g/mol. The first-order valence-corrected chi connectivity index (χ1v) is 6.46. The highest BCUT2D eigenvalue weighted by molar-refractivity contribution is 6.85. The van der Waals surface area contributed by atoms with E-state index in [9.17, 15) is 4.39 Å². The van der Waals surface area contributed by atoms with Crippen molar-refractivity contribution in [3.05, 3.63) is 35.3 Å². The van der Waals surface area contributed by atoms with Crippen molar-refractivity contribution in [2.45, 2.75) is 26.8 Å². The molecule has 0 spiro atoms. The molecule has 1 unspecified atom stereocenters. The lowest BCUT2D eigenvalue weighted by molar-refractivity contribution is 0.620. The van der Waals surface area contributed by atoms with Crippen LogP contribution in [-0.4, -0.2) is 17.0 Å². The summed E-state index contributed by atoms with van der Waals surface area (Å²) in [6.45, 7) is 5.70. The summed E-state index contributed by atoms with van der Waals surface area (Å²) >= 11 is 6.14. The normalized spacial score (nSPS) is 21.2. The van der Waals surface area contributed by atoms with Crippen molar-refractivity contribution in [1.29, 1.82) is 0 Å². The van der Waals surface area contributed by atoms with Gasteiger partial charge in [0.1, 0.15) is 5.69 Å². The predicted molar refractivity (Wildman–Crippen MR) is 77.2 cm³/mol. The molecule has 1 aromatic rings. The SMILES string of the molecule is CC1=CN2C(=NC1C)C(Cl)=Nc1c2ccc(C)c1F. The lowest BCUT2D eigenvalue weighted by atomic mass is 10.1. The van der Waals surface area contributed by atoms with E-state index in [4.69, 9.17) is 11.6 Å². The van der Waals surface area contributed by atoms with Crippen molar-refractivity contribution in [3.63, 3.8) is 0 Å². The molecule has 1 aromatic carbocycles. The molecule has 0 saturated carbocycles. The van der Waals surface area contributed by atoms with Crippen molar-refractivity contribution in [2.75, 3.05) is 4.90 Å². The van der Waals surface area contributed by atoms with Gasteiger partial charge < -0.3 is 0 Å². The van der Waals surface area contributed by atoms with E-state index < -0.39 is 0 Å². The highest BCUT2D eigenvalue weighted by Gasteiger charge is 2.30. The first kappa shape index (κ1) is 12.4. The summed E-state index contributed by atoms with van der Waals surface area (Å²) in [6.07, 6.45) is 1.94. The van der Waals surface area contributed by atoms with E-state index in [2.05, 4.69) is 9.98 Å². The third kappa shape index (κ3) is 1.78. The molecule has 98 valence electrons. The van der Waals surface area contributed by atoms with E-state index in [0.29, 0.717) is 17.1 Å². The number of aryl methyl sites for hydroxylation is 1. The Kier molecular flexibility index (Phi) is 2.71. The molecule has 2 aliphatic heterocycles. The van der Waals surface area contributed by atoms with E-state index in [-0.39, 0.29) is 22.7 Å². The Morgan fingerprint density at radius 2 is 2.05 bits per heavy atom. The summed E-state index contributed by atoms with van der Waals surface area (Å²) in [5.74, 6) is 0.245. The van der Waals surface area contributed by atoms with Gasteiger partial charge in [-0.2, -0.15) is 0 Å². The molecule has 5 heteroatoms. The quantitative estimate of drug-likeness (QED) is 0.706. The molecular formula is C14H13ClFN3. The van der Waals surface area contributed by atoms with Crippen molar-refractivity contribution in [3.8, 4) is 0 Å². The largest absolute Gasteiger partial charge is 0.297 e. The second-order valence-corrected chi connectivity index (χ2v) is 5.20. The van der Waals surface area contributed by atoms with Gasteiger partial charge in [-0.15, -0.1) is 0 Å². The maximum Gasteiger partial charge on any atom is 0.172 e. The topological polar surface area (TPSA) is 28.0 Å². The number of nitrogens with zero attached hydrogens (tertiary/aromatic N) is 3. The molecule has 19 heavy (non-hydrogen) atoms. The van der Waals surface area contributed by atoms with Crippen LogP contribution >= 0.6 is 11.6 Å². The summed E-state index contributed by atoms with van der Waals surface area (Å²) in [5.41, 5.74) is 2.61. The van der Waals surface area contributed by atoms with Crippen LogP contribution in [0.5, 0.6) is 0 Å². The van der Waals surface area contributed by atoms with Crippen LogP contribution in [0, 0.1) is 12.7 Å². The van der Waals surface area contributed by atoms with Gasteiger partial charge in [0, 0.05) is 6.20 Å². The maximum atomic E-state index is 14.1. The number of hydrogen-bond donors (Lipinski definition) is 0. The van der Waals surface area contributed by atoms with Crippen molar-refractivity contribution >= 4 is 34.0 Å². The van der Waals surface area contributed by atoms with E-state index in [1.807, 2.05) is 31.0 Å². The van der Waals surface area contributed by atoms with Crippen molar-refractivity contribution in [2.24, 2.45) is 9.98 Å². The minimum atomic E-state index is -0.334. The van der Waals surface area contributed by atoms with E-state index in [0.717, 1.165) is 5.57 Å². The molecule has 0 aromatic heterocycles. The number of rotatable bonds is 0. The van der Waals surface area contributed by atoms with Gasteiger partial charge in [0.15, 0.2) is 16.8 Å². The number of aliphatic imine (C=N–C) groups is 2. The molecule has 0 aliphatic carbocycles. The molecular weight excluding hydrogens is 265 g/mol. The monoisotopic (exact) mass is 277 g/mol. The summed E-state index contributed by atoms with van der Waals surface area (Å²) in [4.78, 5) is 10.5. The summed E-state index contributed by atoms with van der Waals surface area (Å²) in [5, 5.41) is 0.229. The minimum absolute atomic E-state index is 0.0621. The van der Waals surface area contributed by atoms with Crippen LogP contribution < -0.4 is 4.90 Å². The Labute approximate surface area is 116 Å². The zero-order valence-electron chi connectivity index (χ0n) is 10.9. The Balaban J connectivity index is 2.25. The fourth-order valence-corrected chi connectivity index (χ4v) is 2.38. The predicted octanol–water partition coefficient (Wildman–Crippen LogP) is 3.93. The maximum absolute atomic E-state index is 14.1. The molecule has 2 heterocycles. The molecule has 0 bridgehead atoms. The van der Waals surface area contributed by atoms with E-state index >= 15 is 0 Å². The van der Waals surface area contributed by atoms with Crippen LogP contribution in [0.3, 0.4) is 0 Å². The van der Waals surface area contributed by atoms with Crippen LogP contribution in [0.1, 0.15) is 19.4 Å². The van der Waals surface area contributed by atoms with E-state index in [1.165, 1.54) is 0 Å². The van der Waals surface area contributed by atoms with Gasteiger partial charge in [-0.1, -0.05) is 17.7 Å². The van der Waals surface area contributed by atoms with Crippen molar-refractivity contribution < 1.29 is 4.39 Å². The molecule has 0 N–H and O–H groups in total. The van der Waals surface area contributed by atoms with Crippen molar-refractivity contribution in [1.82, 2.24) is 0 Å². The molecule has 2 aliphatic rings. The van der Waals surface area contributed by atoms with Crippen LogP contribution in [0.4, 0.5) is 15.8 Å². The lowest BCUT2D eigenvalue weighted by Crippen LogP contribution is -2.37. The Morgan fingerprint density at radius 3 is 2.79 bits per heavy atom. The number of benzene rings is 1. The molecule has 3 nitrogen and oxygen atoms in total. The fourth-order valence-electron chi connectivity index (χ4n) is 2.16. The standard InChI is InChI=1S/C14H13ClFN3/c1-7-4-5-10-12(11(7)16)18-13(15)14-17-9(3)8(2)6-19(10)14/h4-6,9H,1-3H3. The first-order chi connectivity index (χ1) is 8.99. The number of amidine groups is 1. The summed E-state index contributed by atoms with van der Waals surface area (Å²) in [6, 6.07) is 3.64. The van der Waals surface area contributed by atoms with Gasteiger partial charge >= 0.3 is 0 Å². The van der Waals surface area contributed by atoms with Crippen LogP contribution in [-0.2, 0) is 0 Å². The Morgan fingerprint density at radius 1 is 1.32 bits per heavy atom. The number of anilines is 1. The molecule has 0 radical (unpaired) electrons.